The highest BCUT2D eigenvalue weighted by molar-refractivity contribution is 7.71. The summed E-state index contributed by atoms with van der Waals surface area (Å²) in [6.45, 7) is 5.79. The van der Waals surface area contributed by atoms with Gasteiger partial charge in [-0.15, -0.1) is 0 Å². The number of carbonyl (C=O) groups excluding carboxylic acids is 1. The Morgan fingerprint density at radius 3 is 2.86 bits per heavy atom. The Balaban J connectivity index is 1.46. The number of rotatable bonds is 6. The number of ether oxygens (including phenoxy) is 2. The Hall–Kier alpha value is -2.07. The van der Waals surface area contributed by atoms with Crippen LogP contribution in [0.1, 0.15) is 23.2 Å². The van der Waals surface area contributed by atoms with Crippen molar-refractivity contribution in [3.8, 4) is 0 Å². The van der Waals surface area contributed by atoms with Crippen molar-refractivity contribution in [3.05, 3.63) is 38.9 Å². The Kier molecular flexibility index (Phi) is 6.39. The van der Waals surface area contributed by atoms with Gasteiger partial charge in [0.15, 0.2) is 4.77 Å². The summed E-state index contributed by atoms with van der Waals surface area (Å²) in [5, 5.41) is 3.45. The van der Waals surface area contributed by atoms with Crippen molar-refractivity contribution in [1.29, 1.82) is 0 Å². The van der Waals surface area contributed by atoms with Crippen molar-refractivity contribution in [3.63, 3.8) is 0 Å². The lowest BCUT2D eigenvalue weighted by atomic mass is 10.1. The molecule has 0 spiro atoms. The number of fused-ring (bicyclic) bond motifs is 1. The number of amides is 1. The predicted octanol–water partition coefficient (Wildman–Crippen LogP) is 1.30. The summed E-state index contributed by atoms with van der Waals surface area (Å²) in [5.74, 6) is -0.164. The molecule has 1 aromatic heterocycles. The van der Waals surface area contributed by atoms with Gasteiger partial charge in [0.2, 0.25) is 0 Å². The van der Waals surface area contributed by atoms with E-state index in [4.69, 9.17) is 21.7 Å². The number of aromatic nitrogens is 2. The number of hydrogen-bond acceptors (Lipinski definition) is 6. The molecule has 1 amide bonds. The van der Waals surface area contributed by atoms with Crippen molar-refractivity contribution in [2.75, 3.05) is 46.0 Å². The van der Waals surface area contributed by atoms with Gasteiger partial charge in [-0.05, 0) is 43.3 Å². The zero-order chi connectivity index (χ0) is 20.2. The lowest BCUT2D eigenvalue weighted by Crippen LogP contribution is -2.41. The summed E-state index contributed by atoms with van der Waals surface area (Å²) >= 11 is 5.39. The van der Waals surface area contributed by atoms with E-state index >= 15 is 0 Å². The molecule has 2 fully saturated rings. The first-order valence-corrected chi connectivity index (χ1v) is 10.5. The molecule has 2 aliphatic rings. The first-order chi connectivity index (χ1) is 14.1. The fourth-order valence-electron chi connectivity index (χ4n) is 3.81. The van der Waals surface area contributed by atoms with Gasteiger partial charge in [0.05, 0.1) is 36.8 Å². The molecule has 0 bridgehead atoms. The van der Waals surface area contributed by atoms with E-state index in [9.17, 15) is 9.59 Å². The van der Waals surface area contributed by atoms with Crippen molar-refractivity contribution in [2.24, 2.45) is 0 Å². The quantitative estimate of drug-likeness (QED) is 0.688. The first-order valence-electron chi connectivity index (χ1n) is 10.1. The van der Waals surface area contributed by atoms with Crippen molar-refractivity contribution in [1.82, 2.24) is 19.8 Å². The third-order valence-corrected chi connectivity index (χ3v) is 5.79. The molecule has 9 heteroatoms. The maximum Gasteiger partial charge on any atom is 0.262 e. The molecule has 29 heavy (non-hydrogen) atoms. The van der Waals surface area contributed by atoms with Gasteiger partial charge >= 0.3 is 0 Å². The van der Waals surface area contributed by atoms with E-state index in [1.54, 1.807) is 22.8 Å². The molecule has 1 unspecified atom stereocenters. The van der Waals surface area contributed by atoms with Gasteiger partial charge in [0.1, 0.15) is 0 Å². The van der Waals surface area contributed by atoms with E-state index in [2.05, 4.69) is 15.2 Å². The van der Waals surface area contributed by atoms with E-state index in [0.29, 0.717) is 34.3 Å². The fourth-order valence-corrected chi connectivity index (χ4v) is 4.08. The van der Waals surface area contributed by atoms with Crippen LogP contribution in [0.5, 0.6) is 0 Å². The van der Waals surface area contributed by atoms with E-state index < -0.39 is 0 Å². The summed E-state index contributed by atoms with van der Waals surface area (Å²) in [7, 11) is 0. The van der Waals surface area contributed by atoms with Gasteiger partial charge in [0.25, 0.3) is 11.5 Å². The van der Waals surface area contributed by atoms with E-state index in [1.165, 1.54) is 0 Å². The highest BCUT2D eigenvalue weighted by atomic mass is 32.1. The molecule has 156 valence electrons. The second-order valence-electron chi connectivity index (χ2n) is 7.45. The normalized spacial score (nSPS) is 20.2. The van der Waals surface area contributed by atoms with Crippen molar-refractivity contribution < 1.29 is 14.3 Å². The number of hydrogen-bond donors (Lipinski definition) is 2. The molecule has 8 nitrogen and oxygen atoms in total. The molecule has 1 aromatic carbocycles. The summed E-state index contributed by atoms with van der Waals surface area (Å²) < 4.78 is 12.9. The molecule has 2 saturated heterocycles. The van der Waals surface area contributed by atoms with E-state index in [-0.39, 0.29) is 17.6 Å². The van der Waals surface area contributed by atoms with Crippen LogP contribution in [0, 0.1) is 4.77 Å². The second-order valence-corrected chi connectivity index (χ2v) is 7.84. The van der Waals surface area contributed by atoms with Crippen LogP contribution in [0.25, 0.3) is 10.9 Å². The fraction of sp³-hybridized carbons (Fsp3) is 0.550. The Labute approximate surface area is 173 Å². The standard InChI is InChI=1S/C20H26N4O4S/c25-18(21-5-6-23-7-10-27-11-8-23)14-3-4-16-17(12-14)22-20(29)24(19(16)26)13-15-2-1-9-28-15/h3-4,12,15H,1-2,5-11,13H2,(H,21,25)(H,22,29). The van der Waals surface area contributed by atoms with Gasteiger partial charge in [-0.3, -0.25) is 19.1 Å². The topological polar surface area (TPSA) is 88.6 Å². The highest BCUT2D eigenvalue weighted by Gasteiger charge is 2.18. The molecule has 4 rings (SSSR count). The minimum absolute atomic E-state index is 0.0248. The zero-order valence-corrected chi connectivity index (χ0v) is 17.1. The van der Waals surface area contributed by atoms with Gasteiger partial charge < -0.3 is 19.8 Å². The second kappa shape index (κ2) is 9.17. The monoisotopic (exact) mass is 418 g/mol. The number of morpholine rings is 1. The Morgan fingerprint density at radius 2 is 2.10 bits per heavy atom. The van der Waals surface area contributed by atoms with Crippen LogP contribution in [0.2, 0.25) is 0 Å². The van der Waals surface area contributed by atoms with E-state index in [0.717, 1.165) is 52.3 Å². The van der Waals surface area contributed by atoms with Crippen molar-refractivity contribution >= 4 is 29.0 Å². The molecular weight excluding hydrogens is 392 g/mol. The van der Waals surface area contributed by atoms with Crippen LogP contribution >= 0.6 is 12.2 Å². The summed E-state index contributed by atoms with van der Waals surface area (Å²) in [6, 6.07) is 5.06. The predicted molar refractivity (Wildman–Crippen MR) is 112 cm³/mol. The number of aromatic amines is 1. The number of carbonyl (C=O) groups is 1. The molecule has 3 heterocycles. The van der Waals surface area contributed by atoms with Crippen LogP contribution in [0.3, 0.4) is 0 Å². The first kappa shape index (κ1) is 20.2. The molecule has 1 atom stereocenters. The molecular formula is C20H26N4O4S. The lowest BCUT2D eigenvalue weighted by molar-refractivity contribution is 0.0383. The number of H-pyrrole nitrogens is 1. The van der Waals surface area contributed by atoms with Crippen LogP contribution in [0.15, 0.2) is 23.0 Å². The summed E-state index contributed by atoms with van der Waals surface area (Å²) in [4.78, 5) is 30.7. The average molecular weight is 419 g/mol. The maximum absolute atomic E-state index is 12.9. The SMILES string of the molecule is O=C(NCCN1CCOCC1)c1ccc2c(=O)n(CC3CCCO3)c(=S)[nH]c2c1. The highest BCUT2D eigenvalue weighted by Crippen LogP contribution is 2.15. The van der Waals surface area contributed by atoms with Gasteiger partial charge in [-0.25, -0.2) is 0 Å². The third-order valence-electron chi connectivity index (χ3n) is 5.47. The van der Waals surface area contributed by atoms with Gasteiger partial charge in [-0.2, -0.15) is 0 Å². The van der Waals surface area contributed by atoms with Gasteiger partial charge in [-0.1, -0.05) is 0 Å². The van der Waals surface area contributed by atoms with E-state index in [1.807, 2.05) is 0 Å². The summed E-state index contributed by atoms with van der Waals surface area (Å²) in [5.41, 5.74) is 0.921. The van der Waals surface area contributed by atoms with Crippen LogP contribution in [0.4, 0.5) is 0 Å². The van der Waals surface area contributed by atoms with Crippen molar-refractivity contribution in [2.45, 2.75) is 25.5 Å². The molecule has 0 radical (unpaired) electrons. The molecule has 0 saturated carbocycles. The van der Waals surface area contributed by atoms with Crippen LogP contribution < -0.4 is 10.9 Å². The minimum Gasteiger partial charge on any atom is -0.379 e. The van der Waals surface area contributed by atoms with Gasteiger partial charge in [0, 0.05) is 38.3 Å². The number of nitrogens with one attached hydrogen (secondary N) is 2. The molecule has 2 aromatic rings. The maximum atomic E-state index is 12.9. The number of nitrogens with zero attached hydrogens (tertiary/aromatic N) is 2. The summed E-state index contributed by atoms with van der Waals surface area (Å²) in [6.07, 6.45) is 1.97. The zero-order valence-electron chi connectivity index (χ0n) is 16.3. The van der Waals surface area contributed by atoms with Crippen LogP contribution in [-0.2, 0) is 16.0 Å². The molecule has 2 aliphatic heterocycles. The Bertz CT molecular complexity index is 990. The Morgan fingerprint density at radius 1 is 1.28 bits per heavy atom. The smallest absolute Gasteiger partial charge is 0.262 e. The molecule has 0 aliphatic carbocycles. The molecule has 2 N–H and O–H groups in total. The lowest BCUT2D eigenvalue weighted by Gasteiger charge is -2.26. The third kappa shape index (κ3) is 4.75. The number of benzene rings is 1. The largest absolute Gasteiger partial charge is 0.379 e. The average Bonchev–Trinajstić information content (AvgIpc) is 3.25. The minimum atomic E-state index is -0.164. The van der Waals surface area contributed by atoms with Crippen LogP contribution in [-0.4, -0.2) is 72.5 Å².